The fourth-order valence-corrected chi connectivity index (χ4v) is 4.79. The van der Waals surface area contributed by atoms with E-state index in [1.807, 2.05) is 31.2 Å². The normalized spacial score (nSPS) is 11.4. The maximum atomic E-state index is 12.2. The number of benzene rings is 1. The summed E-state index contributed by atoms with van der Waals surface area (Å²) in [5.74, 6) is 0.530. The molecule has 210 valence electrons. The topological polar surface area (TPSA) is 84.3 Å². The van der Waals surface area contributed by atoms with Gasteiger partial charge in [0.1, 0.15) is 5.02 Å². The van der Waals surface area contributed by atoms with Crippen molar-refractivity contribution in [2.45, 2.75) is 110 Å². The number of amides is 1. The molecule has 0 aliphatic rings. The Labute approximate surface area is 233 Å². The van der Waals surface area contributed by atoms with Crippen LogP contribution in [0.5, 0.6) is 0 Å². The molecule has 0 saturated heterocycles. The van der Waals surface area contributed by atoms with E-state index in [9.17, 15) is 4.79 Å². The Hall–Kier alpha value is -2.38. The van der Waals surface area contributed by atoms with Gasteiger partial charge in [-0.15, -0.1) is 5.10 Å². The van der Waals surface area contributed by atoms with Crippen molar-refractivity contribution < 1.29 is 9.53 Å². The molecule has 0 radical (unpaired) electrons. The fraction of sp³-hybridized carbons (Fsp3) is 0.633. The van der Waals surface area contributed by atoms with Crippen molar-refractivity contribution in [1.82, 2.24) is 19.8 Å². The van der Waals surface area contributed by atoms with Gasteiger partial charge < -0.3 is 10.1 Å². The Morgan fingerprint density at radius 2 is 1.47 bits per heavy atom. The molecule has 1 aromatic carbocycles. The molecule has 0 bridgehead atoms. The highest BCUT2D eigenvalue weighted by Crippen LogP contribution is 2.24. The second-order valence-corrected chi connectivity index (χ2v) is 10.7. The third-order valence-electron chi connectivity index (χ3n) is 6.95. The maximum Gasteiger partial charge on any atom is 0.226 e. The van der Waals surface area contributed by atoms with Crippen molar-refractivity contribution in [2.75, 3.05) is 18.5 Å². The highest BCUT2D eigenvalue weighted by atomic mass is 35.5. The van der Waals surface area contributed by atoms with Gasteiger partial charge in [0, 0.05) is 17.9 Å². The number of nitrogens with one attached hydrogen (secondary N) is 2. The largest absolute Gasteiger partial charge is 0.381 e. The summed E-state index contributed by atoms with van der Waals surface area (Å²) in [6.45, 7) is 5.33. The van der Waals surface area contributed by atoms with Crippen LogP contribution in [0.25, 0.3) is 17.0 Å². The molecule has 0 aliphatic heterocycles. The molecular weight excluding hydrogens is 498 g/mol. The van der Waals surface area contributed by atoms with Gasteiger partial charge in [0.2, 0.25) is 5.91 Å². The summed E-state index contributed by atoms with van der Waals surface area (Å²) in [4.78, 5) is 16.7. The molecule has 7 nitrogen and oxygen atoms in total. The molecule has 1 amide bonds. The zero-order chi connectivity index (χ0) is 27.0. The lowest BCUT2D eigenvalue weighted by atomic mass is 10.0. The molecule has 0 aliphatic carbocycles. The van der Waals surface area contributed by atoms with E-state index in [0.717, 1.165) is 30.0 Å². The fourth-order valence-electron chi connectivity index (χ4n) is 4.62. The van der Waals surface area contributed by atoms with Crippen LogP contribution in [0, 0.1) is 6.92 Å². The molecule has 0 fully saturated rings. The molecule has 0 atom stereocenters. The number of hydrogen-bond acceptors (Lipinski definition) is 4. The lowest BCUT2D eigenvalue weighted by molar-refractivity contribution is -0.117. The average Bonchev–Trinajstić information content (AvgIpc) is 3.44. The van der Waals surface area contributed by atoms with Crippen LogP contribution in [0.1, 0.15) is 109 Å². The summed E-state index contributed by atoms with van der Waals surface area (Å²) < 4.78 is 7.24. The number of unbranched alkanes of at least 4 members (excludes halogenated alkanes) is 13. The van der Waals surface area contributed by atoms with Gasteiger partial charge in [-0.1, -0.05) is 102 Å². The van der Waals surface area contributed by atoms with Crippen LogP contribution >= 0.6 is 11.6 Å². The Kier molecular flexibility index (Phi) is 13.7. The van der Waals surface area contributed by atoms with Crippen molar-refractivity contribution in [3.63, 3.8) is 0 Å². The van der Waals surface area contributed by atoms with Gasteiger partial charge in [0.15, 0.2) is 11.5 Å². The van der Waals surface area contributed by atoms with Gasteiger partial charge in [0.25, 0.3) is 0 Å². The summed E-state index contributed by atoms with van der Waals surface area (Å²) in [6, 6.07) is 7.48. The molecule has 38 heavy (non-hydrogen) atoms. The number of carbonyl (C=O) groups excluding carboxylic acids is 1. The van der Waals surface area contributed by atoms with Crippen LogP contribution in [-0.4, -0.2) is 38.9 Å². The Balaban J connectivity index is 1.16. The lowest BCUT2D eigenvalue weighted by Gasteiger charge is -2.07. The van der Waals surface area contributed by atoms with Crippen molar-refractivity contribution in [2.24, 2.45) is 0 Å². The number of anilines is 1. The monoisotopic (exact) mass is 543 g/mol. The van der Waals surface area contributed by atoms with Crippen molar-refractivity contribution in [3.05, 3.63) is 35.0 Å². The number of aryl methyl sites for hydroxylation is 1. The first-order valence-corrected chi connectivity index (χ1v) is 15.0. The maximum absolute atomic E-state index is 12.2. The highest BCUT2D eigenvalue weighted by molar-refractivity contribution is 6.34. The number of nitrogens with zero attached hydrogens (tertiary/aromatic N) is 3. The predicted molar refractivity (Wildman–Crippen MR) is 157 cm³/mol. The van der Waals surface area contributed by atoms with E-state index in [0.29, 0.717) is 29.5 Å². The van der Waals surface area contributed by atoms with E-state index in [1.54, 1.807) is 4.63 Å². The molecule has 2 heterocycles. The first-order valence-electron chi connectivity index (χ1n) is 14.7. The molecular formula is C30H46ClN5O2. The number of rotatable bonds is 20. The molecule has 0 saturated carbocycles. The molecule has 2 aromatic heterocycles. The van der Waals surface area contributed by atoms with Gasteiger partial charge in [0.05, 0.1) is 18.7 Å². The number of hydrogen-bond donors (Lipinski definition) is 2. The number of H-pyrrole nitrogens is 1. The van der Waals surface area contributed by atoms with Gasteiger partial charge in [-0.3, -0.25) is 9.89 Å². The summed E-state index contributed by atoms with van der Waals surface area (Å²) in [5, 5.41) is 11.0. The van der Waals surface area contributed by atoms with Crippen LogP contribution in [0.4, 0.5) is 5.69 Å². The van der Waals surface area contributed by atoms with Crippen molar-refractivity contribution >= 4 is 28.8 Å². The molecule has 0 spiro atoms. The average molecular weight is 544 g/mol. The minimum absolute atomic E-state index is 0.0469. The second-order valence-electron chi connectivity index (χ2n) is 10.3. The Bertz CT molecular complexity index is 1080. The number of aromatic amines is 1. The predicted octanol–water partition coefficient (Wildman–Crippen LogP) is 8.51. The zero-order valence-corrected chi connectivity index (χ0v) is 24.1. The third-order valence-corrected chi connectivity index (χ3v) is 7.40. The summed E-state index contributed by atoms with van der Waals surface area (Å²) in [7, 11) is 0. The second kappa shape index (κ2) is 17.3. The van der Waals surface area contributed by atoms with Gasteiger partial charge in [-0.25, -0.2) is 4.98 Å². The first kappa shape index (κ1) is 30.2. The van der Waals surface area contributed by atoms with Gasteiger partial charge >= 0.3 is 0 Å². The van der Waals surface area contributed by atoms with Gasteiger partial charge in [-0.2, -0.15) is 4.63 Å². The summed E-state index contributed by atoms with van der Waals surface area (Å²) >= 11 is 6.24. The molecule has 2 N–H and O–H groups in total. The van der Waals surface area contributed by atoms with E-state index in [2.05, 4.69) is 27.4 Å². The minimum atomic E-state index is -0.0469. The van der Waals surface area contributed by atoms with Gasteiger partial charge in [-0.05, 0) is 37.6 Å². The van der Waals surface area contributed by atoms with E-state index in [4.69, 9.17) is 16.3 Å². The van der Waals surface area contributed by atoms with E-state index >= 15 is 0 Å². The van der Waals surface area contributed by atoms with Crippen LogP contribution in [0.3, 0.4) is 0 Å². The number of fused-ring (bicyclic) bond motifs is 1. The Morgan fingerprint density at radius 1 is 0.895 bits per heavy atom. The third kappa shape index (κ3) is 10.4. The van der Waals surface area contributed by atoms with E-state index in [1.165, 1.54) is 83.5 Å². The zero-order valence-electron chi connectivity index (χ0n) is 23.4. The van der Waals surface area contributed by atoms with Crippen molar-refractivity contribution in [3.8, 4) is 11.4 Å². The number of aromatic nitrogens is 4. The summed E-state index contributed by atoms with van der Waals surface area (Å²) in [5.41, 5.74) is 3.02. The van der Waals surface area contributed by atoms with E-state index < -0.39 is 0 Å². The molecule has 8 heteroatoms. The Morgan fingerprint density at radius 3 is 2.05 bits per heavy atom. The number of ether oxygens (including phenoxy) is 1. The first-order chi connectivity index (χ1) is 18.6. The quantitative estimate of drug-likeness (QED) is 0.140. The minimum Gasteiger partial charge on any atom is -0.381 e. The van der Waals surface area contributed by atoms with Crippen LogP contribution in [-0.2, 0) is 9.53 Å². The molecule has 3 aromatic rings. The van der Waals surface area contributed by atoms with E-state index in [-0.39, 0.29) is 5.91 Å². The SMILES string of the molecule is CCCCCCCCCCCCCCCCOCCC(=O)Nc1ccc(-c2nc3c(Cl)c(C)[nH]n3n2)cc1. The molecule has 3 rings (SSSR count). The highest BCUT2D eigenvalue weighted by Gasteiger charge is 2.13. The molecule has 0 unspecified atom stereocenters. The lowest BCUT2D eigenvalue weighted by Crippen LogP contribution is -2.14. The number of halogens is 1. The summed E-state index contributed by atoms with van der Waals surface area (Å²) in [6.07, 6.45) is 19.2. The van der Waals surface area contributed by atoms with Crippen molar-refractivity contribution in [1.29, 1.82) is 0 Å². The van der Waals surface area contributed by atoms with Crippen LogP contribution in [0.15, 0.2) is 24.3 Å². The standard InChI is InChI=1S/C30H46ClN5O2/c1-3-4-5-6-7-8-9-10-11-12-13-14-15-16-22-38-23-21-27(37)32-26-19-17-25(18-20-26)29-33-30-28(31)24(2)34-36(30)35-29/h17-20,34H,3-16,21-23H2,1-2H3,(H,32,37). The number of carbonyl (C=O) groups is 1. The van der Waals surface area contributed by atoms with Crippen LogP contribution in [0.2, 0.25) is 5.02 Å². The van der Waals surface area contributed by atoms with Crippen LogP contribution < -0.4 is 5.32 Å². The smallest absolute Gasteiger partial charge is 0.226 e.